The predicted molar refractivity (Wildman–Crippen MR) is 77.3 cm³/mol. The summed E-state index contributed by atoms with van der Waals surface area (Å²) in [5.74, 6) is 0.854. The van der Waals surface area contributed by atoms with Crippen molar-refractivity contribution in [3.8, 4) is 0 Å². The fourth-order valence-corrected chi connectivity index (χ4v) is 3.48. The molecule has 5 heteroatoms. The molecule has 1 saturated carbocycles. The summed E-state index contributed by atoms with van der Waals surface area (Å²) in [6, 6.07) is 0.339. The van der Waals surface area contributed by atoms with Crippen molar-refractivity contribution >= 4 is 5.91 Å². The third-order valence-corrected chi connectivity index (χ3v) is 4.76. The van der Waals surface area contributed by atoms with Crippen molar-refractivity contribution in [2.75, 3.05) is 27.3 Å². The number of rotatable bonds is 5. The van der Waals surface area contributed by atoms with Crippen molar-refractivity contribution in [3.63, 3.8) is 0 Å². The Hall–Kier alpha value is -0.650. The van der Waals surface area contributed by atoms with E-state index in [4.69, 9.17) is 15.2 Å². The van der Waals surface area contributed by atoms with Gasteiger partial charge in [-0.25, -0.2) is 0 Å². The van der Waals surface area contributed by atoms with E-state index >= 15 is 0 Å². The summed E-state index contributed by atoms with van der Waals surface area (Å²) in [5.41, 5.74) is 6.00. The van der Waals surface area contributed by atoms with Gasteiger partial charge in [0.15, 0.2) is 0 Å². The van der Waals surface area contributed by atoms with Crippen LogP contribution in [0, 0.1) is 5.92 Å². The molecule has 2 rings (SSSR count). The highest BCUT2D eigenvalue weighted by Gasteiger charge is 2.35. The predicted octanol–water partition coefficient (Wildman–Crippen LogP) is 1.16. The summed E-state index contributed by atoms with van der Waals surface area (Å²) in [6.45, 7) is 1.30. The zero-order valence-electron chi connectivity index (χ0n) is 12.7. The van der Waals surface area contributed by atoms with Gasteiger partial charge in [0.05, 0.1) is 0 Å². The summed E-state index contributed by atoms with van der Waals surface area (Å²) in [5, 5.41) is 0. The maximum absolute atomic E-state index is 12.3. The average molecular weight is 284 g/mol. The Morgan fingerprint density at radius 2 is 1.85 bits per heavy atom. The Morgan fingerprint density at radius 1 is 1.20 bits per heavy atom. The van der Waals surface area contributed by atoms with Crippen LogP contribution in [0.15, 0.2) is 0 Å². The van der Waals surface area contributed by atoms with Crippen LogP contribution in [-0.2, 0) is 14.3 Å². The Kier molecular flexibility index (Phi) is 5.81. The average Bonchev–Trinajstić information content (AvgIpc) is 2.88. The maximum atomic E-state index is 12.3. The fourth-order valence-electron chi connectivity index (χ4n) is 3.48. The van der Waals surface area contributed by atoms with Gasteiger partial charge in [0, 0.05) is 39.8 Å². The summed E-state index contributed by atoms with van der Waals surface area (Å²) in [4.78, 5) is 14.2. The number of carbonyl (C=O) groups excluding carboxylic acids is 1. The van der Waals surface area contributed by atoms with E-state index in [0.29, 0.717) is 31.5 Å². The number of hydrogen-bond donors (Lipinski definition) is 1. The first-order valence-electron chi connectivity index (χ1n) is 7.73. The third kappa shape index (κ3) is 3.93. The molecular weight excluding hydrogens is 256 g/mol. The highest BCUT2D eigenvalue weighted by atomic mass is 16.5. The number of carbonyl (C=O) groups is 1. The molecule has 1 saturated heterocycles. The first-order chi connectivity index (χ1) is 9.63. The van der Waals surface area contributed by atoms with Crippen molar-refractivity contribution in [1.29, 1.82) is 0 Å². The van der Waals surface area contributed by atoms with Crippen LogP contribution >= 0.6 is 0 Å². The number of nitrogens with two attached hydrogens (primary N) is 1. The standard InChI is InChI=1S/C15H28N2O3/c1-19-13-9-17(10-14(13)20-2)15(18)7-6-11-4-3-5-12(16)8-11/h11-14H,3-10,16H2,1-2H3. The molecular formula is C15H28N2O3. The molecule has 1 aliphatic heterocycles. The van der Waals surface area contributed by atoms with E-state index in [1.165, 1.54) is 12.8 Å². The monoisotopic (exact) mass is 284 g/mol. The Morgan fingerprint density at radius 3 is 2.40 bits per heavy atom. The van der Waals surface area contributed by atoms with Crippen molar-refractivity contribution in [2.24, 2.45) is 11.7 Å². The van der Waals surface area contributed by atoms with Crippen molar-refractivity contribution < 1.29 is 14.3 Å². The lowest BCUT2D eigenvalue weighted by molar-refractivity contribution is -0.131. The van der Waals surface area contributed by atoms with Crippen LogP contribution in [0.5, 0.6) is 0 Å². The van der Waals surface area contributed by atoms with Gasteiger partial charge in [0.25, 0.3) is 0 Å². The molecule has 20 heavy (non-hydrogen) atoms. The summed E-state index contributed by atoms with van der Waals surface area (Å²) in [7, 11) is 3.35. The number of methoxy groups -OCH3 is 2. The Balaban J connectivity index is 1.75. The fraction of sp³-hybridized carbons (Fsp3) is 0.933. The topological polar surface area (TPSA) is 64.8 Å². The quantitative estimate of drug-likeness (QED) is 0.822. The Labute approximate surface area is 121 Å². The first-order valence-corrected chi connectivity index (χ1v) is 7.73. The minimum Gasteiger partial charge on any atom is -0.377 e. The van der Waals surface area contributed by atoms with Crippen LogP contribution in [0.4, 0.5) is 0 Å². The van der Waals surface area contributed by atoms with Crippen LogP contribution < -0.4 is 5.73 Å². The molecule has 2 N–H and O–H groups in total. The smallest absolute Gasteiger partial charge is 0.222 e. The number of nitrogens with zero attached hydrogens (tertiary/aromatic N) is 1. The highest BCUT2D eigenvalue weighted by Crippen LogP contribution is 2.27. The van der Waals surface area contributed by atoms with Gasteiger partial charge in [-0.05, 0) is 25.2 Å². The van der Waals surface area contributed by atoms with Gasteiger partial charge in [-0.2, -0.15) is 0 Å². The van der Waals surface area contributed by atoms with E-state index in [-0.39, 0.29) is 18.1 Å². The van der Waals surface area contributed by atoms with Crippen LogP contribution in [0.25, 0.3) is 0 Å². The summed E-state index contributed by atoms with van der Waals surface area (Å²) < 4.78 is 10.7. The van der Waals surface area contributed by atoms with E-state index < -0.39 is 0 Å². The van der Waals surface area contributed by atoms with E-state index in [9.17, 15) is 4.79 Å². The second kappa shape index (κ2) is 7.38. The van der Waals surface area contributed by atoms with E-state index in [1.807, 2.05) is 4.90 Å². The van der Waals surface area contributed by atoms with Gasteiger partial charge in [-0.3, -0.25) is 4.79 Å². The third-order valence-electron chi connectivity index (χ3n) is 4.76. The molecule has 2 fully saturated rings. The molecule has 116 valence electrons. The summed E-state index contributed by atoms with van der Waals surface area (Å²) >= 11 is 0. The number of ether oxygens (including phenoxy) is 2. The van der Waals surface area contributed by atoms with Crippen molar-refractivity contribution in [2.45, 2.75) is 56.8 Å². The largest absolute Gasteiger partial charge is 0.377 e. The van der Waals surface area contributed by atoms with Gasteiger partial charge in [0.2, 0.25) is 5.91 Å². The second-order valence-corrected chi connectivity index (χ2v) is 6.18. The molecule has 0 aromatic carbocycles. The second-order valence-electron chi connectivity index (χ2n) is 6.18. The lowest BCUT2D eigenvalue weighted by Gasteiger charge is -2.27. The molecule has 2 aliphatic rings. The molecule has 1 amide bonds. The van der Waals surface area contributed by atoms with E-state index in [0.717, 1.165) is 19.3 Å². The molecule has 0 spiro atoms. The zero-order valence-corrected chi connectivity index (χ0v) is 12.7. The van der Waals surface area contributed by atoms with Gasteiger partial charge >= 0.3 is 0 Å². The van der Waals surface area contributed by atoms with Crippen LogP contribution in [-0.4, -0.2) is 56.4 Å². The molecule has 0 radical (unpaired) electrons. The first kappa shape index (κ1) is 15.7. The number of hydrogen-bond acceptors (Lipinski definition) is 4. The van der Waals surface area contributed by atoms with E-state index in [1.54, 1.807) is 14.2 Å². The van der Waals surface area contributed by atoms with Gasteiger partial charge in [-0.15, -0.1) is 0 Å². The SMILES string of the molecule is COC1CN(C(=O)CCC2CCCC(N)C2)CC1OC. The van der Waals surface area contributed by atoms with Crippen molar-refractivity contribution in [1.82, 2.24) is 4.90 Å². The minimum atomic E-state index is 0.00653. The van der Waals surface area contributed by atoms with Crippen LogP contribution in [0.2, 0.25) is 0 Å². The zero-order chi connectivity index (χ0) is 14.5. The van der Waals surface area contributed by atoms with Gasteiger partial charge < -0.3 is 20.1 Å². The molecule has 5 nitrogen and oxygen atoms in total. The number of amides is 1. The van der Waals surface area contributed by atoms with Crippen LogP contribution in [0.3, 0.4) is 0 Å². The van der Waals surface area contributed by atoms with Crippen molar-refractivity contribution in [3.05, 3.63) is 0 Å². The van der Waals surface area contributed by atoms with Crippen LogP contribution in [0.1, 0.15) is 38.5 Å². The molecule has 1 heterocycles. The lowest BCUT2D eigenvalue weighted by atomic mass is 9.83. The lowest BCUT2D eigenvalue weighted by Crippen LogP contribution is -2.32. The van der Waals surface area contributed by atoms with E-state index in [2.05, 4.69) is 0 Å². The molecule has 4 atom stereocenters. The maximum Gasteiger partial charge on any atom is 0.222 e. The van der Waals surface area contributed by atoms with Gasteiger partial charge in [0.1, 0.15) is 12.2 Å². The summed E-state index contributed by atoms with van der Waals surface area (Å²) in [6.07, 6.45) is 6.27. The molecule has 0 aromatic heterocycles. The minimum absolute atomic E-state index is 0.00653. The molecule has 4 unspecified atom stereocenters. The molecule has 1 aliphatic carbocycles. The number of likely N-dealkylation sites (tertiary alicyclic amines) is 1. The Bertz CT molecular complexity index is 312. The normalized spacial score (nSPS) is 34.5. The van der Waals surface area contributed by atoms with Gasteiger partial charge in [-0.1, -0.05) is 12.8 Å². The molecule has 0 aromatic rings. The highest BCUT2D eigenvalue weighted by molar-refractivity contribution is 5.76. The molecule has 0 bridgehead atoms.